The van der Waals surface area contributed by atoms with Crippen LogP contribution in [0.25, 0.3) is 0 Å². The van der Waals surface area contributed by atoms with Crippen LogP contribution in [-0.4, -0.2) is 15.7 Å². The minimum Gasteiger partial charge on any atom is -0.322 e. The molecule has 0 atom stereocenters. The summed E-state index contributed by atoms with van der Waals surface area (Å²) in [5, 5.41) is 6.06. The number of benzene rings is 1. The quantitative estimate of drug-likeness (QED) is 0.764. The molecule has 0 spiro atoms. The van der Waals surface area contributed by atoms with Crippen molar-refractivity contribution in [3.63, 3.8) is 0 Å². The van der Waals surface area contributed by atoms with Crippen LogP contribution in [0.2, 0.25) is 0 Å². The Morgan fingerprint density at radius 3 is 2.64 bits per heavy atom. The fourth-order valence-electron chi connectivity index (χ4n) is 1.76. The van der Waals surface area contributed by atoms with Gasteiger partial charge < -0.3 is 5.32 Å². The molecule has 0 saturated heterocycles. The molecular weight excluding hydrogens is 431 g/mol. The highest BCUT2D eigenvalue weighted by Crippen LogP contribution is 2.29. The molecule has 0 unspecified atom stereocenters. The van der Waals surface area contributed by atoms with Crippen molar-refractivity contribution in [1.29, 1.82) is 0 Å². The molecule has 0 aliphatic heterocycles. The predicted octanol–water partition coefficient (Wildman–Crippen LogP) is 4.43. The van der Waals surface area contributed by atoms with Gasteiger partial charge in [0.2, 0.25) is 5.91 Å². The largest absolute Gasteiger partial charge is 0.322 e. The van der Waals surface area contributed by atoms with Gasteiger partial charge >= 0.3 is 0 Å². The molecule has 0 aliphatic rings. The van der Waals surface area contributed by atoms with Gasteiger partial charge in [0, 0.05) is 4.47 Å². The summed E-state index contributed by atoms with van der Waals surface area (Å²) in [6.07, 6.45) is -2.75. The fraction of sp³-hybridized carbons (Fsp3) is 0.231. The van der Waals surface area contributed by atoms with Crippen molar-refractivity contribution in [2.45, 2.75) is 19.9 Å². The number of amides is 1. The Kier molecular flexibility index (Phi) is 5.28. The van der Waals surface area contributed by atoms with Crippen LogP contribution < -0.4 is 5.32 Å². The number of carbonyl (C=O) groups excluding carboxylic acids is 1. The number of rotatable bonds is 4. The highest BCUT2D eigenvalue weighted by atomic mass is 79.9. The van der Waals surface area contributed by atoms with E-state index in [0.29, 0.717) is 10.2 Å². The third-order valence-electron chi connectivity index (χ3n) is 2.86. The second kappa shape index (κ2) is 6.82. The van der Waals surface area contributed by atoms with E-state index in [9.17, 15) is 18.0 Å². The summed E-state index contributed by atoms with van der Waals surface area (Å²) in [6, 6.07) is 4.18. The lowest BCUT2D eigenvalue weighted by Gasteiger charge is -2.08. The first kappa shape index (κ1) is 17.0. The number of nitrogens with zero attached hydrogens (tertiary/aromatic N) is 2. The van der Waals surface area contributed by atoms with Gasteiger partial charge in [0.25, 0.3) is 6.43 Å². The summed E-state index contributed by atoms with van der Waals surface area (Å²) in [6.45, 7) is 1.25. The molecule has 4 nitrogen and oxygen atoms in total. The molecule has 1 N–H and O–H groups in total. The van der Waals surface area contributed by atoms with Gasteiger partial charge in [-0.3, -0.25) is 9.48 Å². The van der Waals surface area contributed by atoms with Crippen LogP contribution in [0.3, 0.4) is 0 Å². The van der Waals surface area contributed by atoms with E-state index in [2.05, 4.69) is 42.3 Å². The van der Waals surface area contributed by atoms with E-state index in [0.717, 1.165) is 4.68 Å². The first-order chi connectivity index (χ1) is 10.3. The van der Waals surface area contributed by atoms with E-state index >= 15 is 0 Å². The molecule has 1 amide bonds. The van der Waals surface area contributed by atoms with Gasteiger partial charge in [-0.05, 0) is 41.1 Å². The zero-order valence-electron chi connectivity index (χ0n) is 11.2. The van der Waals surface area contributed by atoms with Crippen molar-refractivity contribution in [2.24, 2.45) is 0 Å². The van der Waals surface area contributed by atoms with E-state index in [1.807, 2.05) is 0 Å². The summed E-state index contributed by atoms with van der Waals surface area (Å²) in [5.74, 6) is -1.17. The van der Waals surface area contributed by atoms with Gasteiger partial charge in [0.05, 0.1) is 15.9 Å². The van der Waals surface area contributed by atoms with Crippen LogP contribution in [-0.2, 0) is 11.3 Å². The molecule has 118 valence electrons. The zero-order valence-corrected chi connectivity index (χ0v) is 14.4. The number of anilines is 1. The first-order valence-corrected chi connectivity index (χ1v) is 7.64. The lowest BCUT2D eigenvalue weighted by molar-refractivity contribution is -0.117. The molecule has 1 aromatic carbocycles. The Bertz CT molecular complexity index is 719. The van der Waals surface area contributed by atoms with E-state index < -0.39 is 23.8 Å². The van der Waals surface area contributed by atoms with Crippen molar-refractivity contribution in [1.82, 2.24) is 9.78 Å². The van der Waals surface area contributed by atoms with Crippen LogP contribution in [0.4, 0.5) is 18.9 Å². The first-order valence-electron chi connectivity index (χ1n) is 6.05. The van der Waals surface area contributed by atoms with Gasteiger partial charge in [0.15, 0.2) is 0 Å². The normalized spacial score (nSPS) is 11.0. The Morgan fingerprint density at radius 2 is 2.09 bits per heavy atom. The molecule has 0 radical (unpaired) electrons. The summed E-state index contributed by atoms with van der Waals surface area (Å²) >= 11 is 6.12. The van der Waals surface area contributed by atoms with Crippen molar-refractivity contribution in [3.8, 4) is 0 Å². The number of carbonyl (C=O) groups is 1. The molecule has 22 heavy (non-hydrogen) atoms. The molecular formula is C13H10Br2F3N3O. The zero-order chi connectivity index (χ0) is 16.4. The van der Waals surface area contributed by atoms with E-state index in [4.69, 9.17) is 0 Å². The van der Waals surface area contributed by atoms with Gasteiger partial charge in [-0.25, -0.2) is 13.2 Å². The average Bonchev–Trinajstić information content (AvgIpc) is 2.70. The maximum absolute atomic E-state index is 13.6. The average molecular weight is 441 g/mol. The molecule has 2 rings (SSSR count). The molecule has 0 saturated carbocycles. The topological polar surface area (TPSA) is 46.9 Å². The summed E-state index contributed by atoms with van der Waals surface area (Å²) in [5.41, 5.74) is -0.0343. The van der Waals surface area contributed by atoms with Crippen LogP contribution in [0.5, 0.6) is 0 Å². The summed E-state index contributed by atoms with van der Waals surface area (Å²) < 4.78 is 40.9. The second-order valence-corrected chi connectivity index (χ2v) is 6.12. The maximum atomic E-state index is 13.6. The third kappa shape index (κ3) is 3.70. The van der Waals surface area contributed by atoms with Crippen molar-refractivity contribution >= 4 is 43.5 Å². The molecule has 9 heteroatoms. The van der Waals surface area contributed by atoms with Crippen LogP contribution in [0.1, 0.15) is 17.8 Å². The lowest BCUT2D eigenvalue weighted by atomic mass is 10.3. The smallest absolute Gasteiger partial charge is 0.283 e. The van der Waals surface area contributed by atoms with Gasteiger partial charge in [-0.2, -0.15) is 5.10 Å². The number of alkyl halides is 2. The van der Waals surface area contributed by atoms with Crippen LogP contribution >= 0.6 is 31.9 Å². The van der Waals surface area contributed by atoms with Gasteiger partial charge in [-0.15, -0.1) is 0 Å². The number of halogens is 5. The monoisotopic (exact) mass is 439 g/mol. The number of nitrogens with one attached hydrogen (secondary N) is 1. The maximum Gasteiger partial charge on any atom is 0.283 e. The second-order valence-electron chi connectivity index (χ2n) is 4.42. The standard InChI is InChI=1S/C13H10Br2F3N3O/c1-6-11(15)12(13(17)18)20-21(6)5-10(22)19-9-3-2-7(14)4-8(9)16/h2-4,13H,5H2,1H3,(H,19,22). The van der Waals surface area contributed by atoms with E-state index in [-0.39, 0.29) is 16.7 Å². The number of hydrogen-bond acceptors (Lipinski definition) is 2. The van der Waals surface area contributed by atoms with Gasteiger partial charge in [0.1, 0.15) is 18.1 Å². The number of aromatic nitrogens is 2. The highest BCUT2D eigenvalue weighted by Gasteiger charge is 2.21. The lowest BCUT2D eigenvalue weighted by Crippen LogP contribution is -2.21. The van der Waals surface area contributed by atoms with Crippen molar-refractivity contribution in [2.75, 3.05) is 5.32 Å². The Hall–Kier alpha value is -1.35. The third-order valence-corrected chi connectivity index (χ3v) is 4.34. The van der Waals surface area contributed by atoms with E-state index in [1.54, 1.807) is 13.0 Å². The predicted molar refractivity (Wildman–Crippen MR) is 82.4 cm³/mol. The summed E-state index contributed by atoms with van der Waals surface area (Å²) in [7, 11) is 0. The molecule has 0 bridgehead atoms. The Labute approximate surface area is 140 Å². The minimum atomic E-state index is -2.75. The highest BCUT2D eigenvalue weighted by molar-refractivity contribution is 9.10. The molecule has 2 aromatic rings. The summed E-state index contributed by atoms with van der Waals surface area (Å²) in [4.78, 5) is 11.9. The molecule has 1 heterocycles. The fourth-order valence-corrected chi connectivity index (χ4v) is 2.55. The number of hydrogen-bond donors (Lipinski definition) is 1. The minimum absolute atomic E-state index is 0.00570. The molecule has 0 aliphatic carbocycles. The SMILES string of the molecule is Cc1c(Br)c(C(F)F)nn1CC(=O)Nc1ccc(Br)cc1F. The Balaban J connectivity index is 2.14. The Morgan fingerprint density at radius 1 is 1.41 bits per heavy atom. The van der Waals surface area contributed by atoms with Crippen molar-refractivity contribution < 1.29 is 18.0 Å². The van der Waals surface area contributed by atoms with Crippen LogP contribution in [0.15, 0.2) is 27.1 Å². The van der Waals surface area contributed by atoms with Gasteiger partial charge in [-0.1, -0.05) is 15.9 Å². The molecule has 0 fully saturated rings. The van der Waals surface area contributed by atoms with Crippen molar-refractivity contribution in [3.05, 3.63) is 44.3 Å². The van der Waals surface area contributed by atoms with Crippen LogP contribution in [0, 0.1) is 12.7 Å². The molecule has 1 aromatic heterocycles. The van der Waals surface area contributed by atoms with E-state index in [1.165, 1.54) is 12.1 Å².